The predicted octanol–water partition coefficient (Wildman–Crippen LogP) is 2.00. The number of carbonyl (C=O) groups excluding carboxylic acids is 1. The lowest BCUT2D eigenvalue weighted by Crippen LogP contribution is -2.40. The Kier molecular flexibility index (Phi) is 2.27. The highest BCUT2D eigenvalue weighted by atomic mass is 16.1. The van der Waals surface area contributed by atoms with Crippen molar-refractivity contribution in [2.75, 3.05) is 0 Å². The van der Waals surface area contributed by atoms with E-state index < -0.39 is 5.41 Å². The van der Waals surface area contributed by atoms with E-state index in [2.05, 4.69) is 11.2 Å². The molecule has 4 nitrogen and oxygen atoms in total. The normalized spacial score (nSPS) is 16.9. The van der Waals surface area contributed by atoms with Crippen LogP contribution >= 0.6 is 0 Å². The molecule has 4 heteroatoms. The van der Waals surface area contributed by atoms with E-state index in [1.807, 2.05) is 36.5 Å². The summed E-state index contributed by atoms with van der Waals surface area (Å²) in [5.41, 5.74) is 1.13. The van der Waals surface area contributed by atoms with Crippen LogP contribution in [0.3, 0.4) is 0 Å². The van der Waals surface area contributed by atoms with Gasteiger partial charge in [-0.1, -0.05) is 18.2 Å². The van der Waals surface area contributed by atoms with Crippen molar-refractivity contribution in [2.24, 2.45) is 0 Å². The van der Waals surface area contributed by atoms with Crippen molar-refractivity contribution in [3.8, 4) is 11.8 Å². The molecule has 0 radical (unpaired) electrons. The first kappa shape index (κ1) is 10.7. The second-order valence-electron chi connectivity index (χ2n) is 4.60. The summed E-state index contributed by atoms with van der Waals surface area (Å²) in [6, 6.07) is 12.0. The van der Waals surface area contributed by atoms with Crippen molar-refractivity contribution in [3.63, 3.8) is 0 Å². The minimum atomic E-state index is -0.649. The SMILES string of the molecule is N#CC1(c2cnn(-c3ccccc3)c2)CC(=O)C1. The van der Waals surface area contributed by atoms with Gasteiger partial charge in [0.15, 0.2) is 0 Å². The number of carbonyl (C=O) groups is 1. The molecule has 0 aliphatic heterocycles. The van der Waals surface area contributed by atoms with Crippen molar-refractivity contribution < 1.29 is 4.79 Å². The zero-order valence-corrected chi connectivity index (χ0v) is 9.71. The molecule has 0 atom stereocenters. The van der Waals surface area contributed by atoms with Crippen LogP contribution in [0.1, 0.15) is 18.4 Å². The summed E-state index contributed by atoms with van der Waals surface area (Å²) in [6.45, 7) is 0. The molecule has 1 fully saturated rings. The Hall–Kier alpha value is -2.41. The zero-order valence-electron chi connectivity index (χ0n) is 9.71. The third-order valence-electron chi connectivity index (χ3n) is 3.37. The molecule has 0 spiro atoms. The van der Waals surface area contributed by atoms with Crippen molar-refractivity contribution in [3.05, 3.63) is 48.3 Å². The van der Waals surface area contributed by atoms with Crippen LogP contribution in [0.15, 0.2) is 42.7 Å². The Morgan fingerprint density at radius 2 is 2.00 bits per heavy atom. The van der Waals surface area contributed by atoms with Crippen molar-refractivity contribution in [1.82, 2.24) is 9.78 Å². The summed E-state index contributed by atoms with van der Waals surface area (Å²) in [5.74, 6) is 0.143. The van der Waals surface area contributed by atoms with Gasteiger partial charge in [-0.05, 0) is 12.1 Å². The van der Waals surface area contributed by atoms with Gasteiger partial charge in [0, 0.05) is 24.6 Å². The van der Waals surface area contributed by atoms with E-state index in [4.69, 9.17) is 0 Å². The van der Waals surface area contributed by atoms with E-state index >= 15 is 0 Å². The summed E-state index contributed by atoms with van der Waals surface area (Å²) in [6.07, 6.45) is 4.14. The van der Waals surface area contributed by atoms with Gasteiger partial charge in [-0.3, -0.25) is 4.79 Å². The van der Waals surface area contributed by atoms with Gasteiger partial charge in [-0.15, -0.1) is 0 Å². The molecule has 1 saturated carbocycles. The Labute approximate surface area is 104 Å². The average molecular weight is 237 g/mol. The first-order valence-corrected chi connectivity index (χ1v) is 5.77. The summed E-state index contributed by atoms with van der Waals surface area (Å²) < 4.78 is 1.73. The van der Waals surface area contributed by atoms with Gasteiger partial charge >= 0.3 is 0 Å². The fourth-order valence-electron chi connectivity index (χ4n) is 2.26. The molecule has 0 unspecified atom stereocenters. The summed E-state index contributed by atoms with van der Waals surface area (Å²) in [5, 5.41) is 13.5. The number of benzene rings is 1. The molecular weight excluding hydrogens is 226 g/mol. The topological polar surface area (TPSA) is 58.7 Å². The largest absolute Gasteiger partial charge is 0.300 e. The average Bonchev–Trinajstić information content (AvgIpc) is 2.85. The van der Waals surface area contributed by atoms with Crippen LogP contribution in [0.4, 0.5) is 0 Å². The molecule has 88 valence electrons. The maximum Gasteiger partial charge on any atom is 0.136 e. The Morgan fingerprint density at radius 3 is 2.61 bits per heavy atom. The quantitative estimate of drug-likeness (QED) is 0.802. The fraction of sp³-hybridized carbons (Fsp3) is 0.214. The number of Topliss-reactive ketones (excluding diaryl/α,β-unsaturated/α-hetero) is 1. The third kappa shape index (κ3) is 1.52. The number of nitriles is 1. The number of aromatic nitrogens is 2. The van der Waals surface area contributed by atoms with Crippen LogP contribution in [0, 0.1) is 11.3 Å². The van der Waals surface area contributed by atoms with E-state index in [9.17, 15) is 10.1 Å². The van der Waals surface area contributed by atoms with Crippen molar-refractivity contribution >= 4 is 5.78 Å². The van der Waals surface area contributed by atoms with E-state index in [0.717, 1.165) is 11.3 Å². The summed E-state index contributed by atoms with van der Waals surface area (Å²) in [4.78, 5) is 11.1. The Balaban J connectivity index is 1.96. The van der Waals surface area contributed by atoms with Gasteiger partial charge < -0.3 is 0 Å². The molecule has 1 aromatic heterocycles. The molecule has 1 heterocycles. The molecule has 1 aliphatic rings. The first-order chi connectivity index (χ1) is 8.73. The van der Waals surface area contributed by atoms with Gasteiger partial charge in [0.2, 0.25) is 0 Å². The van der Waals surface area contributed by atoms with E-state index in [0.29, 0.717) is 12.8 Å². The highest BCUT2D eigenvalue weighted by molar-refractivity contribution is 5.90. The Morgan fingerprint density at radius 1 is 1.28 bits per heavy atom. The second-order valence-corrected chi connectivity index (χ2v) is 4.60. The molecule has 3 rings (SSSR count). The van der Waals surface area contributed by atoms with Crippen LogP contribution in [0.5, 0.6) is 0 Å². The molecule has 2 aromatic rings. The predicted molar refractivity (Wildman–Crippen MR) is 65.1 cm³/mol. The lowest BCUT2D eigenvalue weighted by molar-refractivity contribution is -0.126. The van der Waals surface area contributed by atoms with Gasteiger partial charge in [0.05, 0.1) is 23.4 Å². The maximum absolute atomic E-state index is 11.1. The monoisotopic (exact) mass is 237 g/mol. The third-order valence-corrected chi connectivity index (χ3v) is 3.37. The van der Waals surface area contributed by atoms with Crippen LogP contribution in [-0.2, 0) is 10.2 Å². The van der Waals surface area contributed by atoms with Crippen molar-refractivity contribution in [1.29, 1.82) is 5.26 Å². The Bertz CT molecular complexity index is 629. The molecule has 0 amide bonds. The molecule has 0 bridgehead atoms. The first-order valence-electron chi connectivity index (χ1n) is 5.77. The van der Waals surface area contributed by atoms with Gasteiger partial charge in [0.1, 0.15) is 5.78 Å². The van der Waals surface area contributed by atoms with E-state index in [1.54, 1.807) is 10.9 Å². The second kappa shape index (κ2) is 3.81. The van der Waals surface area contributed by atoms with Gasteiger partial charge in [-0.2, -0.15) is 10.4 Å². The minimum absolute atomic E-state index is 0.143. The summed E-state index contributed by atoms with van der Waals surface area (Å²) >= 11 is 0. The molecule has 1 aliphatic carbocycles. The van der Waals surface area contributed by atoms with Crippen LogP contribution < -0.4 is 0 Å². The highest BCUT2D eigenvalue weighted by Crippen LogP contribution is 2.40. The van der Waals surface area contributed by atoms with Crippen LogP contribution in [0.25, 0.3) is 5.69 Å². The highest BCUT2D eigenvalue weighted by Gasteiger charge is 2.46. The minimum Gasteiger partial charge on any atom is -0.300 e. The molecule has 1 aromatic carbocycles. The van der Waals surface area contributed by atoms with Crippen LogP contribution in [-0.4, -0.2) is 15.6 Å². The van der Waals surface area contributed by atoms with Crippen molar-refractivity contribution in [2.45, 2.75) is 18.3 Å². The van der Waals surface area contributed by atoms with E-state index in [-0.39, 0.29) is 5.78 Å². The van der Waals surface area contributed by atoms with E-state index in [1.165, 1.54) is 0 Å². The number of para-hydroxylation sites is 1. The van der Waals surface area contributed by atoms with Gasteiger partial charge in [-0.25, -0.2) is 4.68 Å². The molecule has 0 saturated heterocycles. The number of hydrogen-bond acceptors (Lipinski definition) is 3. The van der Waals surface area contributed by atoms with Gasteiger partial charge in [0.25, 0.3) is 0 Å². The molecular formula is C14H11N3O. The maximum atomic E-state index is 11.1. The molecule has 0 N–H and O–H groups in total. The standard InChI is InChI=1S/C14H11N3O/c15-10-14(6-13(18)7-14)11-8-16-17(9-11)12-4-2-1-3-5-12/h1-5,8-9H,6-7H2. The number of hydrogen-bond donors (Lipinski definition) is 0. The lowest BCUT2D eigenvalue weighted by atomic mass is 9.65. The lowest BCUT2D eigenvalue weighted by Gasteiger charge is -2.32. The number of rotatable bonds is 2. The number of ketones is 1. The molecule has 18 heavy (non-hydrogen) atoms. The fourth-order valence-corrected chi connectivity index (χ4v) is 2.26. The zero-order chi connectivity index (χ0) is 12.6. The number of nitrogens with zero attached hydrogens (tertiary/aromatic N) is 3. The smallest absolute Gasteiger partial charge is 0.136 e. The summed E-state index contributed by atoms with van der Waals surface area (Å²) in [7, 11) is 0. The van der Waals surface area contributed by atoms with Crippen LogP contribution in [0.2, 0.25) is 0 Å².